The molecule has 0 unspecified atom stereocenters. The van der Waals surface area contributed by atoms with Gasteiger partial charge >= 0.3 is 0 Å². The van der Waals surface area contributed by atoms with Crippen molar-refractivity contribution in [1.29, 1.82) is 0 Å². The van der Waals surface area contributed by atoms with E-state index in [-0.39, 0.29) is 0 Å². The van der Waals surface area contributed by atoms with Crippen LogP contribution in [-0.2, 0) is 0 Å². The molecule has 2 nitrogen and oxygen atoms in total. The Bertz CT molecular complexity index is 235. The third-order valence-electron chi connectivity index (χ3n) is 2.68. The molecule has 0 aliphatic carbocycles. The van der Waals surface area contributed by atoms with Crippen molar-refractivity contribution in [2.45, 2.75) is 19.3 Å². The zero-order chi connectivity index (χ0) is 10.4. The lowest BCUT2D eigenvalue weighted by Crippen LogP contribution is -2.31. The molecule has 0 aromatic heterocycles. The van der Waals surface area contributed by atoms with Crippen LogP contribution in [0.5, 0.6) is 0 Å². The number of hydrogen-bond acceptors (Lipinski definition) is 2. The lowest BCUT2D eigenvalue weighted by Gasteiger charge is -2.27. The molecule has 1 saturated heterocycles. The highest BCUT2D eigenvalue weighted by atomic mass is 15.1. The van der Waals surface area contributed by atoms with Crippen LogP contribution in [0.2, 0.25) is 0 Å². The number of nitrogens with zero attached hydrogens (tertiary/aromatic N) is 1. The van der Waals surface area contributed by atoms with E-state index >= 15 is 0 Å². The van der Waals surface area contributed by atoms with E-state index in [2.05, 4.69) is 18.1 Å². The van der Waals surface area contributed by atoms with Crippen molar-refractivity contribution in [2.24, 2.45) is 5.73 Å². The van der Waals surface area contributed by atoms with Crippen molar-refractivity contribution < 1.29 is 0 Å². The summed E-state index contributed by atoms with van der Waals surface area (Å²) >= 11 is 0. The van der Waals surface area contributed by atoms with Gasteiger partial charge in [0.15, 0.2) is 0 Å². The van der Waals surface area contributed by atoms with Crippen LogP contribution in [0.25, 0.3) is 0 Å². The Morgan fingerprint density at radius 2 is 1.79 bits per heavy atom. The number of allylic oxidation sites excluding steroid dienone is 1. The molecule has 0 bridgehead atoms. The summed E-state index contributed by atoms with van der Waals surface area (Å²) in [5.41, 5.74) is 7.66. The Hall–Kier alpha value is -1.02. The molecule has 0 spiro atoms. The second kappa shape index (κ2) is 5.66. The fourth-order valence-electron chi connectivity index (χ4n) is 1.76. The minimum atomic E-state index is 0.755. The number of hydrogen-bond donors (Lipinski definition) is 1. The number of nitrogens with two attached hydrogens (primary N) is 1. The Kier molecular flexibility index (Phi) is 4.47. The highest BCUT2D eigenvalue weighted by Gasteiger charge is 2.11. The summed E-state index contributed by atoms with van der Waals surface area (Å²) in [4.78, 5) is 2.43. The van der Waals surface area contributed by atoms with Crippen LogP contribution in [0, 0.1) is 0 Å². The maximum absolute atomic E-state index is 5.81. The Balaban J connectivity index is 2.55. The second-order valence-electron chi connectivity index (χ2n) is 3.73. The second-order valence-corrected chi connectivity index (χ2v) is 3.73. The fourth-order valence-corrected chi connectivity index (χ4v) is 1.76. The molecule has 0 radical (unpaired) electrons. The molecule has 1 aliphatic rings. The third kappa shape index (κ3) is 3.04. The molecule has 2 N–H and O–H groups in total. The first-order chi connectivity index (χ1) is 6.77. The maximum atomic E-state index is 5.81. The van der Waals surface area contributed by atoms with Crippen LogP contribution >= 0.6 is 0 Å². The summed E-state index contributed by atoms with van der Waals surface area (Å²) < 4.78 is 0. The van der Waals surface area contributed by atoms with E-state index in [0.717, 1.165) is 17.8 Å². The van der Waals surface area contributed by atoms with Crippen molar-refractivity contribution in [1.82, 2.24) is 4.90 Å². The Morgan fingerprint density at radius 1 is 1.14 bits per heavy atom. The summed E-state index contributed by atoms with van der Waals surface area (Å²) in [6.07, 6.45) is 7.50. The first-order valence-electron chi connectivity index (χ1n) is 5.23. The van der Waals surface area contributed by atoms with E-state index in [1.807, 2.05) is 6.08 Å². The molecule has 1 aliphatic heterocycles. The standard InChI is InChI=1S/C12H20N2/c1-3-11(12(13)4-2)10-14-8-6-5-7-9-14/h3-4H,1-2,5-10,13H2/b12-11-. The molecule has 0 amide bonds. The monoisotopic (exact) mass is 192 g/mol. The lowest BCUT2D eigenvalue weighted by molar-refractivity contribution is 0.248. The minimum absolute atomic E-state index is 0.755. The van der Waals surface area contributed by atoms with Crippen LogP contribution in [-0.4, -0.2) is 24.5 Å². The van der Waals surface area contributed by atoms with Crippen molar-refractivity contribution in [2.75, 3.05) is 19.6 Å². The zero-order valence-electron chi connectivity index (χ0n) is 8.84. The van der Waals surface area contributed by atoms with Crippen LogP contribution in [0.4, 0.5) is 0 Å². The molecule has 1 rings (SSSR count). The highest BCUT2D eigenvalue weighted by Crippen LogP contribution is 2.12. The van der Waals surface area contributed by atoms with Gasteiger partial charge in [-0.3, -0.25) is 4.90 Å². The summed E-state index contributed by atoms with van der Waals surface area (Å²) in [7, 11) is 0. The van der Waals surface area contributed by atoms with E-state index in [4.69, 9.17) is 5.73 Å². The van der Waals surface area contributed by atoms with E-state index in [1.165, 1.54) is 32.4 Å². The molecular formula is C12H20N2. The van der Waals surface area contributed by atoms with Gasteiger partial charge in [0.2, 0.25) is 0 Å². The molecular weight excluding hydrogens is 172 g/mol. The van der Waals surface area contributed by atoms with Crippen LogP contribution in [0.15, 0.2) is 36.6 Å². The van der Waals surface area contributed by atoms with E-state index in [1.54, 1.807) is 6.08 Å². The predicted octanol–water partition coefficient (Wildman–Crippen LogP) is 2.06. The highest BCUT2D eigenvalue weighted by molar-refractivity contribution is 5.30. The van der Waals surface area contributed by atoms with Crippen LogP contribution in [0.3, 0.4) is 0 Å². The maximum Gasteiger partial charge on any atom is 0.0353 e. The van der Waals surface area contributed by atoms with Gasteiger partial charge in [-0.25, -0.2) is 0 Å². The lowest BCUT2D eigenvalue weighted by atomic mass is 10.1. The third-order valence-corrected chi connectivity index (χ3v) is 2.68. The summed E-state index contributed by atoms with van der Waals surface area (Å²) in [6.45, 7) is 10.7. The molecule has 78 valence electrons. The Morgan fingerprint density at radius 3 is 2.29 bits per heavy atom. The summed E-state index contributed by atoms with van der Waals surface area (Å²) in [5, 5.41) is 0. The molecule has 0 saturated carbocycles. The van der Waals surface area contributed by atoms with Crippen molar-refractivity contribution in [3.63, 3.8) is 0 Å². The Labute approximate surface area is 86.8 Å². The average molecular weight is 192 g/mol. The van der Waals surface area contributed by atoms with Gasteiger partial charge in [0.25, 0.3) is 0 Å². The predicted molar refractivity (Wildman–Crippen MR) is 61.9 cm³/mol. The molecule has 14 heavy (non-hydrogen) atoms. The van der Waals surface area contributed by atoms with Gasteiger partial charge in [0.1, 0.15) is 0 Å². The van der Waals surface area contributed by atoms with Crippen molar-refractivity contribution in [3.05, 3.63) is 36.6 Å². The van der Waals surface area contributed by atoms with Gasteiger partial charge in [-0.2, -0.15) is 0 Å². The topological polar surface area (TPSA) is 29.3 Å². The normalized spacial score (nSPS) is 20.0. The number of piperidine rings is 1. The number of likely N-dealkylation sites (tertiary alicyclic amines) is 1. The smallest absolute Gasteiger partial charge is 0.0353 e. The summed E-state index contributed by atoms with van der Waals surface area (Å²) in [5.74, 6) is 0. The largest absolute Gasteiger partial charge is 0.398 e. The first-order valence-corrected chi connectivity index (χ1v) is 5.23. The van der Waals surface area contributed by atoms with Gasteiger partial charge in [-0.05, 0) is 37.6 Å². The van der Waals surface area contributed by atoms with Crippen LogP contribution in [0.1, 0.15) is 19.3 Å². The zero-order valence-corrected chi connectivity index (χ0v) is 8.84. The van der Waals surface area contributed by atoms with Crippen molar-refractivity contribution >= 4 is 0 Å². The van der Waals surface area contributed by atoms with Gasteiger partial charge in [0, 0.05) is 12.2 Å². The first kappa shape index (κ1) is 11.1. The van der Waals surface area contributed by atoms with Gasteiger partial charge < -0.3 is 5.73 Å². The SMILES string of the molecule is C=C/C(N)=C(\C=C)CN1CCCCC1. The average Bonchev–Trinajstić information content (AvgIpc) is 2.26. The molecule has 0 atom stereocenters. The van der Waals surface area contributed by atoms with Gasteiger partial charge in [-0.1, -0.05) is 25.7 Å². The minimum Gasteiger partial charge on any atom is -0.398 e. The van der Waals surface area contributed by atoms with Gasteiger partial charge in [0.05, 0.1) is 0 Å². The molecule has 0 aromatic rings. The molecule has 2 heteroatoms. The molecule has 0 aromatic carbocycles. The van der Waals surface area contributed by atoms with E-state index < -0.39 is 0 Å². The fraction of sp³-hybridized carbons (Fsp3) is 0.500. The van der Waals surface area contributed by atoms with E-state index in [0.29, 0.717) is 0 Å². The van der Waals surface area contributed by atoms with Gasteiger partial charge in [-0.15, -0.1) is 0 Å². The van der Waals surface area contributed by atoms with Crippen LogP contribution < -0.4 is 5.73 Å². The number of rotatable bonds is 4. The molecule has 1 heterocycles. The molecule has 1 fully saturated rings. The van der Waals surface area contributed by atoms with E-state index in [9.17, 15) is 0 Å². The quantitative estimate of drug-likeness (QED) is 0.691. The summed E-state index contributed by atoms with van der Waals surface area (Å²) in [6, 6.07) is 0. The van der Waals surface area contributed by atoms with Crippen molar-refractivity contribution in [3.8, 4) is 0 Å².